The summed E-state index contributed by atoms with van der Waals surface area (Å²) in [6.45, 7) is -0.247. The number of benzene rings is 2. The van der Waals surface area contributed by atoms with Crippen molar-refractivity contribution in [2.24, 2.45) is 0 Å². The van der Waals surface area contributed by atoms with Crippen molar-refractivity contribution in [1.82, 2.24) is 0 Å². The first-order valence-electron chi connectivity index (χ1n) is 6.88. The molecule has 0 heterocycles. The highest BCUT2D eigenvalue weighted by Crippen LogP contribution is 2.35. The second-order valence-electron chi connectivity index (χ2n) is 4.92. The van der Waals surface area contributed by atoms with Gasteiger partial charge >= 0.3 is 5.69 Å². The van der Waals surface area contributed by atoms with Gasteiger partial charge in [0.25, 0.3) is 0 Å². The molecule has 0 aliphatic heterocycles. The summed E-state index contributed by atoms with van der Waals surface area (Å²) in [5, 5.41) is 32.9. The van der Waals surface area contributed by atoms with Gasteiger partial charge in [0.2, 0.25) is 5.75 Å². The van der Waals surface area contributed by atoms with Crippen LogP contribution in [0.4, 0.5) is 10.1 Å². The SMILES string of the molecule is O=C([O-])C(C(=O)[O-])c1ccc([N+](=O)[O-])c(OCc2ccccc2)c1F. The fourth-order valence-corrected chi connectivity index (χ4v) is 2.15. The van der Waals surface area contributed by atoms with E-state index in [2.05, 4.69) is 0 Å². The minimum atomic E-state index is -2.43. The highest BCUT2D eigenvalue weighted by atomic mass is 19.1. The Kier molecular flexibility index (Phi) is 5.28. The smallest absolute Gasteiger partial charge is 0.314 e. The number of hydrogen-bond donors (Lipinski definition) is 0. The first-order chi connectivity index (χ1) is 11.8. The van der Waals surface area contributed by atoms with Gasteiger partial charge in [0.15, 0.2) is 5.82 Å². The zero-order valence-corrected chi connectivity index (χ0v) is 12.5. The van der Waals surface area contributed by atoms with E-state index in [0.29, 0.717) is 11.6 Å². The molecule has 25 heavy (non-hydrogen) atoms. The molecule has 0 N–H and O–H groups in total. The molecule has 0 unspecified atom stereocenters. The van der Waals surface area contributed by atoms with Gasteiger partial charge in [-0.1, -0.05) is 30.3 Å². The van der Waals surface area contributed by atoms with Crippen molar-refractivity contribution >= 4 is 17.6 Å². The molecule has 0 aliphatic rings. The first kappa shape index (κ1) is 17.9. The largest absolute Gasteiger partial charge is 0.549 e. The molecule has 2 rings (SSSR count). The summed E-state index contributed by atoms with van der Waals surface area (Å²) in [7, 11) is 0. The molecule has 0 saturated carbocycles. The van der Waals surface area contributed by atoms with Crippen LogP contribution in [0.3, 0.4) is 0 Å². The van der Waals surface area contributed by atoms with Gasteiger partial charge in [-0.05, 0) is 11.6 Å². The van der Waals surface area contributed by atoms with Crippen molar-refractivity contribution in [3.8, 4) is 5.75 Å². The molecule has 2 aromatic rings. The van der Waals surface area contributed by atoms with E-state index in [0.717, 1.165) is 6.07 Å². The first-order valence-corrected chi connectivity index (χ1v) is 6.88. The molecule has 0 aliphatic carbocycles. The molecule has 0 amide bonds. The molecule has 8 nitrogen and oxygen atoms in total. The number of hydrogen-bond acceptors (Lipinski definition) is 7. The van der Waals surface area contributed by atoms with E-state index in [-0.39, 0.29) is 6.61 Å². The monoisotopic (exact) mass is 347 g/mol. The second kappa shape index (κ2) is 7.39. The lowest BCUT2D eigenvalue weighted by atomic mass is 9.98. The van der Waals surface area contributed by atoms with Crippen LogP contribution in [0.1, 0.15) is 17.0 Å². The molecule has 0 spiro atoms. The highest BCUT2D eigenvalue weighted by Gasteiger charge is 2.28. The Balaban J connectivity index is 2.47. The van der Waals surface area contributed by atoms with Crippen LogP contribution >= 0.6 is 0 Å². The van der Waals surface area contributed by atoms with E-state index in [1.54, 1.807) is 30.3 Å². The number of carbonyl (C=O) groups is 2. The number of nitrogens with zero attached hydrogens (tertiary/aromatic N) is 1. The maximum atomic E-state index is 14.6. The molecule has 0 bridgehead atoms. The second-order valence-corrected chi connectivity index (χ2v) is 4.92. The van der Waals surface area contributed by atoms with E-state index in [9.17, 15) is 34.3 Å². The number of aliphatic carboxylic acids is 2. The van der Waals surface area contributed by atoms with Gasteiger partial charge in [-0.25, -0.2) is 4.39 Å². The standard InChI is InChI=1S/C16H12FNO7/c17-13-10(12(15(19)20)16(21)22)6-7-11(18(23)24)14(13)25-8-9-4-2-1-3-5-9/h1-7,12H,8H2,(H,19,20)(H,21,22)/p-2. The predicted molar refractivity (Wildman–Crippen MR) is 76.6 cm³/mol. The molecule has 0 aromatic heterocycles. The molecule has 130 valence electrons. The molecule has 0 atom stereocenters. The van der Waals surface area contributed by atoms with Gasteiger partial charge in [-0.15, -0.1) is 0 Å². The van der Waals surface area contributed by atoms with Crippen LogP contribution in [0.25, 0.3) is 0 Å². The lowest BCUT2D eigenvalue weighted by Crippen LogP contribution is -2.42. The Morgan fingerprint density at radius 3 is 2.20 bits per heavy atom. The topological polar surface area (TPSA) is 133 Å². The summed E-state index contributed by atoms with van der Waals surface area (Å²) >= 11 is 0. The predicted octanol–water partition coefficient (Wildman–Crippen LogP) is -0.104. The number of halogens is 1. The Hall–Kier alpha value is -3.49. The van der Waals surface area contributed by atoms with Crippen LogP contribution in [-0.4, -0.2) is 16.9 Å². The summed E-state index contributed by atoms with van der Waals surface area (Å²) in [4.78, 5) is 32.0. The van der Waals surface area contributed by atoms with Crippen molar-refractivity contribution in [2.75, 3.05) is 0 Å². The number of nitro groups is 1. The van der Waals surface area contributed by atoms with Crippen LogP contribution < -0.4 is 14.9 Å². The van der Waals surface area contributed by atoms with E-state index in [1.165, 1.54) is 0 Å². The van der Waals surface area contributed by atoms with E-state index in [1.807, 2.05) is 0 Å². The molecular weight excluding hydrogens is 337 g/mol. The van der Waals surface area contributed by atoms with Crippen molar-refractivity contribution in [2.45, 2.75) is 12.5 Å². The van der Waals surface area contributed by atoms with Gasteiger partial charge in [-0.3, -0.25) is 10.1 Å². The molecule has 0 fully saturated rings. The highest BCUT2D eigenvalue weighted by molar-refractivity contribution is 5.97. The van der Waals surface area contributed by atoms with Gasteiger partial charge in [-0.2, -0.15) is 0 Å². The minimum Gasteiger partial charge on any atom is -0.549 e. The van der Waals surface area contributed by atoms with Gasteiger partial charge < -0.3 is 24.5 Å². The molecular formula is C16H10FNO7-2. The molecule has 9 heteroatoms. The number of carboxylic acid groups (broad SMARTS) is 2. The van der Waals surface area contributed by atoms with Crippen LogP contribution in [0.2, 0.25) is 0 Å². The molecule has 2 aromatic carbocycles. The average Bonchev–Trinajstić information content (AvgIpc) is 2.55. The Labute approximate surface area is 140 Å². The van der Waals surface area contributed by atoms with E-state index < -0.39 is 45.6 Å². The third-order valence-corrected chi connectivity index (χ3v) is 3.31. The lowest BCUT2D eigenvalue weighted by molar-refractivity contribution is -0.386. The van der Waals surface area contributed by atoms with Gasteiger partial charge in [0, 0.05) is 11.6 Å². The number of nitro benzene ring substituents is 1. The summed E-state index contributed by atoms with van der Waals surface area (Å²) in [6, 6.07) is 9.75. The van der Waals surface area contributed by atoms with Crippen molar-refractivity contribution in [1.29, 1.82) is 0 Å². The zero-order chi connectivity index (χ0) is 18.6. The Morgan fingerprint density at radius 2 is 1.68 bits per heavy atom. The third kappa shape index (κ3) is 3.89. The Morgan fingerprint density at radius 1 is 1.08 bits per heavy atom. The zero-order valence-electron chi connectivity index (χ0n) is 12.5. The van der Waals surface area contributed by atoms with Crippen LogP contribution in [0, 0.1) is 15.9 Å². The third-order valence-electron chi connectivity index (χ3n) is 3.31. The number of ether oxygens (including phenoxy) is 1. The minimum absolute atomic E-state index is 0.247. The Bertz CT molecular complexity index is 809. The summed E-state index contributed by atoms with van der Waals surface area (Å²) in [6.07, 6.45) is 0. The maximum Gasteiger partial charge on any atom is 0.314 e. The van der Waals surface area contributed by atoms with Gasteiger partial charge in [0.1, 0.15) is 6.61 Å². The van der Waals surface area contributed by atoms with Crippen LogP contribution in [0.5, 0.6) is 5.75 Å². The summed E-state index contributed by atoms with van der Waals surface area (Å²) in [5.41, 5.74) is -1.06. The normalized spacial score (nSPS) is 10.5. The van der Waals surface area contributed by atoms with E-state index >= 15 is 0 Å². The van der Waals surface area contributed by atoms with E-state index in [4.69, 9.17) is 4.74 Å². The molecule has 0 radical (unpaired) electrons. The number of carbonyl (C=O) groups excluding carboxylic acids is 2. The fourth-order valence-electron chi connectivity index (χ4n) is 2.15. The average molecular weight is 347 g/mol. The van der Waals surface area contributed by atoms with Crippen LogP contribution in [-0.2, 0) is 16.2 Å². The van der Waals surface area contributed by atoms with Crippen LogP contribution in [0.15, 0.2) is 42.5 Å². The number of rotatable bonds is 7. The summed E-state index contributed by atoms with van der Waals surface area (Å²) < 4.78 is 19.7. The lowest BCUT2D eigenvalue weighted by Gasteiger charge is -2.21. The van der Waals surface area contributed by atoms with Crippen molar-refractivity contribution in [3.63, 3.8) is 0 Å². The van der Waals surface area contributed by atoms with Crippen molar-refractivity contribution in [3.05, 3.63) is 69.5 Å². The molecule has 0 saturated heterocycles. The quantitative estimate of drug-likeness (QED) is 0.388. The maximum absolute atomic E-state index is 14.6. The van der Waals surface area contributed by atoms with Crippen molar-refractivity contribution < 1.29 is 33.9 Å². The number of carboxylic acids is 2. The summed E-state index contributed by atoms with van der Waals surface area (Å²) in [5.74, 6) is -8.98. The fraction of sp³-hybridized carbons (Fsp3) is 0.125. The van der Waals surface area contributed by atoms with Gasteiger partial charge in [0.05, 0.1) is 22.8 Å².